The Kier molecular flexibility index (Phi) is 9.25. The molecule has 1 aliphatic heterocycles. The molecule has 0 saturated heterocycles. The van der Waals surface area contributed by atoms with Gasteiger partial charge in [-0.25, -0.2) is 9.97 Å². The van der Waals surface area contributed by atoms with Crippen LogP contribution in [0.2, 0.25) is 0 Å². The summed E-state index contributed by atoms with van der Waals surface area (Å²) in [6.45, 7) is 1.63. The Morgan fingerprint density at radius 3 is 2.72 bits per heavy atom. The van der Waals surface area contributed by atoms with Gasteiger partial charge in [0, 0.05) is 13.0 Å². The summed E-state index contributed by atoms with van der Waals surface area (Å²) in [7, 11) is 0. The van der Waals surface area contributed by atoms with E-state index in [2.05, 4.69) is 31.2 Å². The van der Waals surface area contributed by atoms with E-state index in [0.29, 0.717) is 29.6 Å². The van der Waals surface area contributed by atoms with Gasteiger partial charge in [-0.05, 0) is 43.2 Å². The van der Waals surface area contributed by atoms with Crippen molar-refractivity contribution in [2.45, 2.75) is 57.3 Å². The summed E-state index contributed by atoms with van der Waals surface area (Å²) in [5.41, 5.74) is 1.06. The molecule has 13 nitrogen and oxygen atoms in total. The maximum atomic E-state index is 13.2. The van der Waals surface area contributed by atoms with Crippen LogP contribution >= 0.6 is 11.3 Å². The summed E-state index contributed by atoms with van der Waals surface area (Å²) in [6, 6.07) is 8.55. The molecule has 0 saturated carbocycles. The van der Waals surface area contributed by atoms with Gasteiger partial charge in [-0.3, -0.25) is 28.5 Å². The first kappa shape index (κ1) is 29.6. The standard InChI is InChI=1S/C29H31N7O6S/c1-17-28-35-22(15-42-28)27(40)34-21(13-18-7-3-2-4-8-18)25(38)30-11-6-5-9-20(26(39)32-17)33-23(37)14-36-16-31-19-10-12-43-24(19)29(36)41/h2-4,7-8,10,12,15-17,20-21H,5-6,9,11,13-14H2,1H3,(H,30,38)(H,32,39)(H,33,37)(H,34,40)/t17-,20-,21-/m0/s1. The highest BCUT2D eigenvalue weighted by molar-refractivity contribution is 7.17. The van der Waals surface area contributed by atoms with Gasteiger partial charge in [-0.1, -0.05) is 30.3 Å². The van der Waals surface area contributed by atoms with Gasteiger partial charge in [0.1, 0.15) is 35.6 Å². The van der Waals surface area contributed by atoms with E-state index in [1.165, 1.54) is 28.5 Å². The molecule has 14 heteroatoms. The summed E-state index contributed by atoms with van der Waals surface area (Å²) >= 11 is 1.24. The molecule has 0 unspecified atom stereocenters. The summed E-state index contributed by atoms with van der Waals surface area (Å²) in [4.78, 5) is 73.4. The van der Waals surface area contributed by atoms with Gasteiger partial charge in [0.25, 0.3) is 11.5 Å². The number of carbonyl (C=O) groups is 4. The third kappa shape index (κ3) is 7.33. The van der Waals surface area contributed by atoms with Crippen molar-refractivity contribution in [3.8, 4) is 0 Å². The Hall–Kier alpha value is -4.85. The smallest absolute Gasteiger partial charge is 0.273 e. The minimum atomic E-state index is -0.934. The zero-order valence-corrected chi connectivity index (χ0v) is 24.2. The molecule has 224 valence electrons. The first-order valence-corrected chi connectivity index (χ1v) is 14.8. The Labute approximate surface area is 250 Å². The van der Waals surface area contributed by atoms with Crippen molar-refractivity contribution < 1.29 is 23.6 Å². The maximum Gasteiger partial charge on any atom is 0.273 e. The summed E-state index contributed by atoms with van der Waals surface area (Å²) in [5.74, 6) is -1.88. The molecular weight excluding hydrogens is 574 g/mol. The molecule has 3 aromatic heterocycles. The number of carbonyl (C=O) groups excluding carboxylic acids is 4. The van der Waals surface area contributed by atoms with Gasteiger partial charge >= 0.3 is 0 Å². The molecule has 43 heavy (non-hydrogen) atoms. The van der Waals surface area contributed by atoms with E-state index < -0.39 is 35.8 Å². The molecule has 0 spiro atoms. The fourth-order valence-electron chi connectivity index (χ4n) is 4.72. The number of aromatic nitrogens is 3. The van der Waals surface area contributed by atoms with E-state index in [9.17, 15) is 24.0 Å². The molecule has 0 radical (unpaired) electrons. The van der Waals surface area contributed by atoms with Crippen molar-refractivity contribution in [3.05, 3.63) is 81.9 Å². The number of nitrogens with one attached hydrogen (secondary N) is 4. The van der Waals surface area contributed by atoms with E-state index in [4.69, 9.17) is 4.42 Å². The highest BCUT2D eigenvalue weighted by atomic mass is 32.1. The van der Waals surface area contributed by atoms with Crippen LogP contribution < -0.4 is 26.8 Å². The van der Waals surface area contributed by atoms with Crippen LogP contribution in [0.5, 0.6) is 0 Å². The Morgan fingerprint density at radius 1 is 1.09 bits per heavy atom. The van der Waals surface area contributed by atoms with E-state index >= 15 is 0 Å². The molecule has 5 rings (SSSR count). The SMILES string of the molecule is C[C@@H]1NC(=O)[C@@H](NC(=O)Cn2cnc3ccsc3c2=O)CCCCNC(=O)[C@H](Cc2ccccc2)NC(=O)c2coc1n2. The van der Waals surface area contributed by atoms with Crippen molar-refractivity contribution >= 4 is 45.2 Å². The predicted octanol–water partition coefficient (Wildman–Crippen LogP) is 1.45. The van der Waals surface area contributed by atoms with E-state index in [-0.39, 0.29) is 42.4 Å². The second-order valence-corrected chi connectivity index (χ2v) is 11.2. The van der Waals surface area contributed by atoms with Crippen LogP contribution in [0.4, 0.5) is 0 Å². The average molecular weight is 606 g/mol. The van der Waals surface area contributed by atoms with Gasteiger partial charge in [-0.15, -0.1) is 11.3 Å². The van der Waals surface area contributed by atoms with Crippen LogP contribution in [0.1, 0.15) is 54.2 Å². The normalized spacial score (nSPS) is 20.2. The van der Waals surface area contributed by atoms with Crippen molar-refractivity contribution in [1.82, 2.24) is 35.8 Å². The van der Waals surface area contributed by atoms with Crippen molar-refractivity contribution in [2.75, 3.05) is 6.54 Å². The van der Waals surface area contributed by atoms with Crippen LogP contribution in [0.3, 0.4) is 0 Å². The summed E-state index contributed by atoms with van der Waals surface area (Å²) in [5, 5.41) is 12.8. The molecule has 4 aromatic rings. The fourth-order valence-corrected chi connectivity index (χ4v) is 5.51. The quantitative estimate of drug-likeness (QED) is 0.264. The van der Waals surface area contributed by atoms with E-state index in [0.717, 1.165) is 5.56 Å². The monoisotopic (exact) mass is 605 g/mol. The Balaban J connectivity index is 1.30. The number of rotatable bonds is 5. The summed E-state index contributed by atoms with van der Waals surface area (Å²) < 4.78 is 7.11. The average Bonchev–Trinajstić information content (AvgIpc) is 3.68. The third-order valence-corrected chi connectivity index (χ3v) is 7.90. The molecule has 4 amide bonds. The number of hydrogen-bond acceptors (Lipinski definition) is 9. The number of thiophene rings is 1. The third-order valence-electron chi connectivity index (χ3n) is 7.01. The zero-order chi connectivity index (χ0) is 30.3. The van der Waals surface area contributed by atoms with Crippen LogP contribution in [0.15, 0.2) is 63.6 Å². The minimum absolute atomic E-state index is 0.0410. The van der Waals surface area contributed by atoms with Crippen molar-refractivity contribution in [1.29, 1.82) is 0 Å². The zero-order valence-electron chi connectivity index (χ0n) is 23.4. The number of benzene rings is 1. The molecule has 4 N–H and O–H groups in total. The lowest BCUT2D eigenvalue weighted by molar-refractivity contribution is -0.130. The van der Waals surface area contributed by atoms with Crippen LogP contribution in [0, 0.1) is 0 Å². The lowest BCUT2D eigenvalue weighted by atomic mass is 10.0. The summed E-state index contributed by atoms with van der Waals surface area (Å²) in [6.07, 6.45) is 4.04. The Bertz CT molecular complexity index is 1680. The highest BCUT2D eigenvalue weighted by Crippen LogP contribution is 2.15. The molecule has 0 aliphatic carbocycles. The van der Waals surface area contributed by atoms with Crippen LogP contribution in [0.25, 0.3) is 10.2 Å². The number of fused-ring (bicyclic) bond motifs is 3. The van der Waals surface area contributed by atoms with E-state index in [1.54, 1.807) is 18.4 Å². The molecular formula is C29H31N7O6S. The highest BCUT2D eigenvalue weighted by Gasteiger charge is 2.27. The number of oxazole rings is 1. The molecule has 3 atom stereocenters. The lowest BCUT2D eigenvalue weighted by Gasteiger charge is -2.21. The van der Waals surface area contributed by atoms with Gasteiger partial charge in [0.2, 0.25) is 23.6 Å². The first-order chi connectivity index (χ1) is 20.8. The maximum absolute atomic E-state index is 13.2. The fraction of sp³-hybridized carbons (Fsp3) is 0.345. The number of amides is 4. The molecule has 1 aromatic carbocycles. The molecule has 0 fully saturated rings. The second-order valence-electron chi connectivity index (χ2n) is 10.2. The molecule has 4 heterocycles. The number of nitrogens with zero attached hydrogens (tertiary/aromatic N) is 3. The van der Waals surface area contributed by atoms with Crippen molar-refractivity contribution in [3.63, 3.8) is 0 Å². The largest absolute Gasteiger partial charge is 0.446 e. The van der Waals surface area contributed by atoms with Gasteiger partial charge < -0.3 is 25.7 Å². The van der Waals surface area contributed by atoms with Crippen molar-refractivity contribution in [2.24, 2.45) is 0 Å². The van der Waals surface area contributed by atoms with Gasteiger partial charge in [0.05, 0.1) is 11.8 Å². The number of hydrogen-bond donors (Lipinski definition) is 4. The lowest BCUT2D eigenvalue weighted by Crippen LogP contribution is -2.49. The minimum Gasteiger partial charge on any atom is -0.446 e. The molecule has 1 aliphatic rings. The predicted molar refractivity (Wildman–Crippen MR) is 157 cm³/mol. The van der Waals surface area contributed by atoms with Gasteiger partial charge in [-0.2, -0.15) is 0 Å². The second kappa shape index (κ2) is 13.4. The van der Waals surface area contributed by atoms with Crippen LogP contribution in [-0.4, -0.2) is 56.8 Å². The van der Waals surface area contributed by atoms with Crippen LogP contribution in [-0.2, 0) is 27.3 Å². The Morgan fingerprint density at radius 2 is 1.91 bits per heavy atom. The topological polar surface area (TPSA) is 177 Å². The van der Waals surface area contributed by atoms with E-state index in [1.807, 2.05) is 30.3 Å². The van der Waals surface area contributed by atoms with Gasteiger partial charge in [0.15, 0.2) is 5.69 Å². The molecule has 2 bridgehead atoms. The first-order valence-electron chi connectivity index (χ1n) is 13.9.